The molecule has 4 rings (SSSR count). The summed E-state index contributed by atoms with van der Waals surface area (Å²) in [7, 11) is -3.81. The number of benzene rings is 2. The monoisotopic (exact) mass is 399 g/mol. The van der Waals surface area contributed by atoms with Crippen LogP contribution in [0.3, 0.4) is 0 Å². The van der Waals surface area contributed by atoms with Crippen molar-refractivity contribution in [3.05, 3.63) is 53.7 Å². The maximum atomic E-state index is 12.8. The second-order valence-electron chi connectivity index (χ2n) is 6.85. The second-order valence-corrected chi connectivity index (χ2v) is 8.53. The summed E-state index contributed by atoms with van der Waals surface area (Å²) in [5, 5.41) is 4.29. The van der Waals surface area contributed by atoms with Gasteiger partial charge in [-0.2, -0.15) is 0 Å². The van der Waals surface area contributed by atoms with E-state index in [1.165, 1.54) is 18.2 Å². The molecule has 1 aliphatic heterocycles. The number of carbonyl (C=O) groups excluding carboxylic acids is 1. The number of aromatic nitrogens is 1. The summed E-state index contributed by atoms with van der Waals surface area (Å²) in [4.78, 5) is 14.5. The van der Waals surface area contributed by atoms with Gasteiger partial charge in [0, 0.05) is 18.8 Å². The van der Waals surface area contributed by atoms with Crippen LogP contribution in [0.15, 0.2) is 51.9 Å². The van der Waals surface area contributed by atoms with Crippen LogP contribution in [0.5, 0.6) is 0 Å². The molecule has 0 saturated carbocycles. The van der Waals surface area contributed by atoms with Crippen LogP contribution in [0, 0.1) is 0 Å². The number of aryl methyl sites for hydroxylation is 1. The number of anilines is 1. The van der Waals surface area contributed by atoms with Gasteiger partial charge in [0.2, 0.25) is 0 Å². The quantitative estimate of drug-likeness (QED) is 0.710. The molecule has 1 fully saturated rings. The van der Waals surface area contributed by atoms with E-state index in [9.17, 15) is 13.2 Å². The Morgan fingerprint density at radius 2 is 1.96 bits per heavy atom. The largest absolute Gasteiger partial charge is 0.355 e. The predicted molar refractivity (Wildman–Crippen MR) is 106 cm³/mol. The molecule has 146 valence electrons. The molecule has 2 aromatic carbocycles. The summed E-state index contributed by atoms with van der Waals surface area (Å²) in [5.41, 5.74) is 2.07. The summed E-state index contributed by atoms with van der Waals surface area (Å²) in [6, 6.07) is 11.7. The van der Waals surface area contributed by atoms with Crippen molar-refractivity contribution < 1.29 is 17.7 Å². The summed E-state index contributed by atoms with van der Waals surface area (Å²) in [6.45, 7) is 3.37. The maximum absolute atomic E-state index is 12.8. The van der Waals surface area contributed by atoms with Gasteiger partial charge >= 0.3 is 0 Å². The van der Waals surface area contributed by atoms with E-state index in [4.69, 9.17) is 4.52 Å². The molecule has 1 aromatic heterocycles. The lowest BCUT2D eigenvalue weighted by molar-refractivity contribution is 0.0784. The Labute approximate surface area is 163 Å². The maximum Gasteiger partial charge on any atom is 0.276 e. The minimum Gasteiger partial charge on any atom is -0.355 e. The van der Waals surface area contributed by atoms with Gasteiger partial charge in [-0.05, 0) is 55.2 Å². The molecule has 1 amide bonds. The molecule has 0 radical (unpaired) electrons. The molecule has 3 aromatic rings. The van der Waals surface area contributed by atoms with Gasteiger partial charge in [0.25, 0.3) is 15.9 Å². The standard InChI is InChI=1S/C20H21N3O4S/c1-2-14-6-5-7-15(12-14)22-28(25,26)16-8-9-18-17(13-16)19(21-27-18)20(24)23-10-3-4-11-23/h5-9,12-13,22H,2-4,10-11H2,1H3. The minimum atomic E-state index is -3.81. The van der Waals surface area contributed by atoms with Gasteiger partial charge in [-0.15, -0.1) is 0 Å². The molecule has 28 heavy (non-hydrogen) atoms. The normalized spacial score (nSPS) is 14.5. The van der Waals surface area contributed by atoms with E-state index in [1.54, 1.807) is 17.0 Å². The Kier molecular flexibility index (Phi) is 4.80. The number of rotatable bonds is 5. The third-order valence-electron chi connectivity index (χ3n) is 4.94. The van der Waals surface area contributed by atoms with Crippen molar-refractivity contribution in [2.24, 2.45) is 0 Å². The highest BCUT2D eigenvalue weighted by Gasteiger charge is 2.26. The molecular weight excluding hydrogens is 378 g/mol. The van der Waals surface area contributed by atoms with E-state index in [0.717, 1.165) is 24.8 Å². The highest BCUT2D eigenvalue weighted by molar-refractivity contribution is 7.92. The lowest BCUT2D eigenvalue weighted by Crippen LogP contribution is -2.28. The number of hydrogen-bond donors (Lipinski definition) is 1. The summed E-state index contributed by atoms with van der Waals surface area (Å²) in [6.07, 6.45) is 2.73. The van der Waals surface area contributed by atoms with Gasteiger partial charge in [-0.25, -0.2) is 8.42 Å². The van der Waals surface area contributed by atoms with E-state index in [0.29, 0.717) is 29.7 Å². The SMILES string of the molecule is CCc1cccc(NS(=O)(=O)c2ccc3onc(C(=O)N4CCCC4)c3c2)c1. The van der Waals surface area contributed by atoms with Gasteiger partial charge < -0.3 is 9.42 Å². The summed E-state index contributed by atoms with van der Waals surface area (Å²) in [5.74, 6) is -0.227. The zero-order chi connectivity index (χ0) is 19.7. The van der Waals surface area contributed by atoms with Crippen molar-refractivity contribution >= 4 is 32.6 Å². The minimum absolute atomic E-state index is 0.0561. The Morgan fingerprint density at radius 3 is 2.71 bits per heavy atom. The molecule has 0 bridgehead atoms. The lowest BCUT2D eigenvalue weighted by atomic mass is 10.1. The van der Waals surface area contributed by atoms with Crippen molar-refractivity contribution in [1.82, 2.24) is 10.1 Å². The first-order valence-corrected chi connectivity index (χ1v) is 10.8. The van der Waals surface area contributed by atoms with Crippen LogP contribution in [0.2, 0.25) is 0 Å². The zero-order valence-electron chi connectivity index (χ0n) is 15.5. The predicted octanol–water partition coefficient (Wildman–Crippen LogP) is 3.43. The van der Waals surface area contributed by atoms with Gasteiger partial charge in [0.1, 0.15) is 0 Å². The molecule has 8 heteroatoms. The Hall–Kier alpha value is -2.87. The van der Waals surface area contributed by atoms with Crippen molar-refractivity contribution in [1.29, 1.82) is 0 Å². The van der Waals surface area contributed by atoms with Crippen LogP contribution < -0.4 is 4.72 Å². The number of hydrogen-bond acceptors (Lipinski definition) is 5. The third kappa shape index (κ3) is 3.47. The number of fused-ring (bicyclic) bond motifs is 1. The van der Waals surface area contributed by atoms with Crippen molar-refractivity contribution in [3.63, 3.8) is 0 Å². The highest BCUT2D eigenvalue weighted by atomic mass is 32.2. The van der Waals surface area contributed by atoms with Gasteiger partial charge in [0.15, 0.2) is 11.3 Å². The Balaban J connectivity index is 1.68. The number of carbonyl (C=O) groups is 1. The molecule has 7 nitrogen and oxygen atoms in total. The summed E-state index contributed by atoms with van der Waals surface area (Å²) < 4.78 is 33.5. The summed E-state index contributed by atoms with van der Waals surface area (Å²) >= 11 is 0. The first kappa shape index (κ1) is 18.5. The first-order valence-electron chi connectivity index (χ1n) is 9.28. The molecule has 0 aliphatic carbocycles. The van der Waals surface area contributed by atoms with Crippen LogP contribution >= 0.6 is 0 Å². The second kappa shape index (κ2) is 7.27. The highest BCUT2D eigenvalue weighted by Crippen LogP contribution is 2.26. The molecule has 0 unspecified atom stereocenters. The number of nitrogens with zero attached hydrogens (tertiary/aromatic N) is 2. The Bertz CT molecular complexity index is 1130. The van der Waals surface area contributed by atoms with Gasteiger partial charge in [0.05, 0.1) is 10.3 Å². The van der Waals surface area contributed by atoms with Crippen molar-refractivity contribution in [2.75, 3.05) is 17.8 Å². The van der Waals surface area contributed by atoms with E-state index in [1.807, 2.05) is 19.1 Å². The van der Waals surface area contributed by atoms with Crippen LogP contribution in [0.25, 0.3) is 11.0 Å². The number of sulfonamides is 1. The molecule has 0 spiro atoms. The molecule has 1 N–H and O–H groups in total. The topological polar surface area (TPSA) is 92.5 Å². The fraction of sp³-hybridized carbons (Fsp3) is 0.300. The molecule has 1 saturated heterocycles. The van der Waals surface area contributed by atoms with E-state index in [-0.39, 0.29) is 16.5 Å². The van der Waals surface area contributed by atoms with E-state index < -0.39 is 10.0 Å². The van der Waals surface area contributed by atoms with Gasteiger partial charge in [-0.1, -0.05) is 24.2 Å². The number of nitrogens with one attached hydrogen (secondary N) is 1. The van der Waals surface area contributed by atoms with Crippen molar-refractivity contribution in [3.8, 4) is 0 Å². The van der Waals surface area contributed by atoms with Crippen LogP contribution in [-0.4, -0.2) is 37.5 Å². The van der Waals surface area contributed by atoms with Crippen molar-refractivity contribution in [2.45, 2.75) is 31.1 Å². The molecule has 0 atom stereocenters. The Morgan fingerprint density at radius 1 is 1.18 bits per heavy atom. The average Bonchev–Trinajstić information content (AvgIpc) is 3.37. The molecule has 1 aliphatic rings. The van der Waals surface area contributed by atoms with Crippen LogP contribution in [0.1, 0.15) is 35.8 Å². The number of amides is 1. The fourth-order valence-electron chi connectivity index (χ4n) is 3.38. The smallest absolute Gasteiger partial charge is 0.276 e. The van der Waals surface area contributed by atoms with E-state index in [2.05, 4.69) is 9.88 Å². The lowest BCUT2D eigenvalue weighted by Gasteiger charge is -2.13. The van der Waals surface area contributed by atoms with Crippen LogP contribution in [-0.2, 0) is 16.4 Å². The van der Waals surface area contributed by atoms with Crippen LogP contribution in [0.4, 0.5) is 5.69 Å². The average molecular weight is 399 g/mol. The molecular formula is C20H21N3O4S. The first-order chi connectivity index (χ1) is 13.5. The van der Waals surface area contributed by atoms with E-state index >= 15 is 0 Å². The fourth-order valence-corrected chi connectivity index (χ4v) is 4.45. The molecule has 2 heterocycles. The third-order valence-corrected chi connectivity index (χ3v) is 6.31. The van der Waals surface area contributed by atoms with Gasteiger partial charge in [-0.3, -0.25) is 9.52 Å². The number of likely N-dealkylation sites (tertiary alicyclic amines) is 1. The zero-order valence-corrected chi connectivity index (χ0v) is 16.3.